The van der Waals surface area contributed by atoms with Gasteiger partial charge in [0, 0.05) is 25.6 Å². The molecule has 0 spiro atoms. The third-order valence-corrected chi connectivity index (χ3v) is 2.97. The van der Waals surface area contributed by atoms with Crippen LogP contribution in [0.1, 0.15) is 33.1 Å². The van der Waals surface area contributed by atoms with E-state index in [2.05, 4.69) is 23.7 Å². The van der Waals surface area contributed by atoms with Crippen molar-refractivity contribution in [2.45, 2.75) is 45.3 Å². The zero-order valence-electron chi connectivity index (χ0n) is 10.5. The molecule has 1 heterocycles. The van der Waals surface area contributed by atoms with Crippen molar-refractivity contribution in [3.05, 3.63) is 0 Å². The van der Waals surface area contributed by atoms with Crippen molar-refractivity contribution in [3.63, 3.8) is 0 Å². The number of hydrogen-bond acceptors (Lipinski definition) is 3. The summed E-state index contributed by atoms with van der Waals surface area (Å²) in [6.45, 7) is 8.08. The summed E-state index contributed by atoms with van der Waals surface area (Å²) < 4.78 is 5.73. The lowest BCUT2D eigenvalue weighted by atomic mass is 10.0. The number of rotatable bonds is 5. The second-order valence-corrected chi connectivity index (χ2v) is 4.34. The molecule has 2 atom stereocenters. The van der Waals surface area contributed by atoms with E-state index in [1.807, 2.05) is 6.92 Å². The van der Waals surface area contributed by atoms with E-state index in [0.29, 0.717) is 0 Å². The quantitative estimate of drug-likeness (QED) is 0.714. The van der Waals surface area contributed by atoms with Gasteiger partial charge in [-0.05, 0) is 26.3 Å². The molecule has 2 unspecified atom stereocenters. The van der Waals surface area contributed by atoms with Crippen LogP contribution in [0.4, 0.5) is 0 Å². The highest BCUT2D eigenvalue weighted by Gasteiger charge is 2.24. The fourth-order valence-corrected chi connectivity index (χ4v) is 2.06. The van der Waals surface area contributed by atoms with Gasteiger partial charge in [-0.3, -0.25) is 4.90 Å². The molecule has 92 valence electrons. The second-order valence-electron chi connectivity index (χ2n) is 4.34. The van der Waals surface area contributed by atoms with E-state index in [4.69, 9.17) is 10.5 Å². The van der Waals surface area contributed by atoms with Gasteiger partial charge < -0.3 is 10.5 Å². The smallest absolute Gasteiger partial charge is 0.0853 e. The number of morpholine rings is 1. The summed E-state index contributed by atoms with van der Waals surface area (Å²) in [5, 5.41) is 0. The molecule has 1 aliphatic heterocycles. The third-order valence-electron chi connectivity index (χ3n) is 2.97. The maximum Gasteiger partial charge on any atom is 0.0853 e. The Balaban J connectivity index is 2.30. The van der Waals surface area contributed by atoms with E-state index >= 15 is 0 Å². The fraction of sp³-hybridized carbons (Fsp3) is 0.846. The molecule has 0 aliphatic carbocycles. The van der Waals surface area contributed by atoms with Gasteiger partial charge in [-0.2, -0.15) is 0 Å². The van der Waals surface area contributed by atoms with Gasteiger partial charge in [-0.25, -0.2) is 0 Å². The molecule has 3 nitrogen and oxygen atoms in total. The van der Waals surface area contributed by atoms with Crippen molar-refractivity contribution >= 4 is 0 Å². The summed E-state index contributed by atoms with van der Waals surface area (Å²) in [6, 6.07) is 0.125. The van der Waals surface area contributed by atoms with Gasteiger partial charge >= 0.3 is 0 Å². The van der Waals surface area contributed by atoms with Crippen LogP contribution in [0.15, 0.2) is 0 Å². The standard InChI is InChI=1S/C13H24N2O/c1-3-5-6-7-12(14)13-11-15(8-4-2)9-10-16-13/h12-13H,4,6-11,14H2,1-2H3. The normalized spacial score (nSPS) is 23.6. The Kier molecular flexibility index (Phi) is 6.47. The monoisotopic (exact) mass is 224 g/mol. The van der Waals surface area contributed by atoms with Crippen molar-refractivity contribution in [2.75, 3.05) is 26.2 Å². The molecule has 0 aromatic rings. The topological polar surface area (TPSA) is 38.5 Å². The molecule has 0 saturated carbocycles. The first-order chi connectivity index (χ1) is 7.77. The van der Waals surface area contributed by atoms with Crippen molar-refractivity contribution in [1.29, 1.82) is 0 Å². The van der Waals surface area contributed by atoms with Gasteiger partial charge in [-0.15, -0.1) is 11.8 Å². The van der Waals surface area contributed by atoms with Crippen molar-refractivity contribution in [2.24, 2.45) is 5.73 Å². The highest BCUT2D eigenvalue weighted by molar-refractivity contribution is 4.96. The Hall–Kier alpha value is -0.560. The third kappa shape index (κ3) is 4.52. The van der Waals surface area contributed by atoms with Gasteiger partial charge in [-0.1, -0.05) is 6.92 Å². The predicted octanol–water partition coefficient (Wildman–Crippen LogP) is 1.23. The van der Waals surface area contributed by atoms with Crippen LogP contribution in [-0.2, 0) is 4.74 Å². The van der Waals surface area contributed by atoms with E-state index < -0.39 is 0 Å². The van der Waals surface area contributed by atoms with Crippen LogP contribution < -0.4 is 5.73 Å². The van der Waals surface area contributed by atoms with Crippen LogP contribution in [0, 0.1) is 11.8 Å². The highest BCUT2D eigenvalue weighted by Crippen LogP contribution is 2.11. The lowest BCUT2D eigenvalue weighted by molar-refractivity contribution is -0.0410. The van der Waals surface area contributed by atoms with Crippen molar-refractivity contribution in [1.82, 2.24) is 4.90 Å². The summed E-state index contributed by atoms with van der Waals surface area (Å²) in [5.41, 5.74) is 6.13. The van der Waals surface area contributed by atoms with Crippen LogP contribution in [-0.4, -0.2) is 43.3 Å². The van der Waals surface area contributed by atoms with Crippen LogP contribution in [0.25, 0.3) is 0 Å². The molecule has 3 heteroatoms. The van der Waals surface area contributed by atoms with E-state index in [1.165, 1.54) is 6.42 Å². The first-order valence-corrected chi connectivity index (χ1v) is 6.27. The van der Waals surface area contributed by atoms with E-state index in [0.717, 1.165) is 39.1 Å². The summed E-state index contributed by atoms with van der Waals surface area (Å²) in [4.78, 5) is 2.44. The number of ether oxygens (including phenoxy) is 1. The minimum atomic E-state index is 0.125. The van der Waals surface area contributed by atoms with Crippen LogP contribution in [0.5, 0.6) is 0 Å². The summed E-state index contributed by atoms with van der Waals surface area (Å²) in [7, 11) is 0. The molecule has 0 radical (unpaired) electrons. The molecule has 16 heavy (non-hydrogen) atoms. The lowest BCUT2D eigenvalue weighted by Crippen LogP contribution is -2.50. The molecule has 1 aliphatic rings. The Morgan fingerprint density at radius 3 is 3.06 bits per heavy atom. The average molecular weight is 224 g/mol. The maximum absolute atomic E-state index is 6.13. The SMILES string of the molecule is CC#CCCC(N)C1CN(CCC)CCO1. The minimum Gasteiger partial charge on any atom is -0.374 e. The van der Waals surface area contributed by atoms with Gasteiger partial charge in [0.15, 0.2) is 0 Å². The largest absolute Gasteiger partial charge is 0.374 e. The molecule has 0 aromatic carbocycles. The Morgan fingerprint density at radius 1 is 1.56 bits per heavy atom. The summed E-state index contributed by atoms with van der Waals surface area (Å²) in [6.07, 6.45) is 3.21. The van der Waals surface area contributed by atoms with Crippen LogP contribution in [0.2, 0.25) is 0 Å². The molecule has 1 saturated heterocycles. The lowest BCUT2D eigenvalue weighted by Gasteiger charge is -2.35. The highest BCUT2D eigenvalue weighted by atomic mass is 16.5. The van der Waals surface area contributed by atoms with E-state index in [-0.39, 0.29) is 12.1 Å². The molecule has 0 aromatic heterocycles. The molecule has 2 N–H and O–H groups in total. The Morgan fingerprint density at radius 2 is 2.38 bits per heavy atom. The number of nitrogens with zero attached hydrogens (tertiary/aromatic N) is 1. The molecule has 0 bridgehead atoms. The minimum absolute atomic E-state index is 0.125. The Labute approximate surface area is 99.3 Å². The Bertz CT molecular complexity index is 242. The van der Waals surface area contributed by atoms with Gasteiger partial charge in [0.25, 0.3) is 0 Å². The molecular formula is C13H24N2O. The zero-order valence-corrected chi connectivity index (χ0v) is 10.5. The van der Waals surface area contributed by atoms with Gasteiger partial charge in [0.05, 0.1) is 12.7 Å². The number of nitrogens with two attached hydrogens (primary N) is 1. The van der Waals surface area contributed by atoms with Crippen LogP contribution in [0.3, 0.4) is 0 Å². The van der Waals surface area contributed by atoms with E-state index in [9.17, 15) is 0 Å². The van der Waals surface area contributed by atoms with Crippen LogP contribution >= 0.6 is 0 Å². The summed E-state index contributed by atoms with van der Waals surface area (Å²) in [5.74, 6) is 5.95. The zero-order chi connectivity index (χ0) is 11.8. The maximum atomic E-state index is 6.13. The van der Waals surface area contributed by atoms with Crippen molar-refractivity contribution in [3.8, 4) is 11.8 Å². The van der Waals surface area contributed by atoms with Crippen molar-refractivity contribution < 1.29 is 4.74 Å². The van der Waals surface area contributed by atoms with Gasteiger partial charge in [0.1, 0.15) is 0 Å². The number of hydrogen-bond donors (Lipinski definition) is 1. The summed E-state index contributed by atoms with van der Waals surface area (Å²) >= 11 is 0. The first kappa shape index (κ1) is 13.5. The second kappa shape index (κ2) is 7.67. The predicted molar refractivity (Wildman–Crippen MR) is 67.1 cm³/mol. The first-order valence-electron chi connectivity index (χ1n) is 6.27. The van der Waals surface area contributed by atoms with E-state index in [1.54, 1.807) is 0 Å². The molecule has 1 rings (SSSR count). The molecular weight excluding hydrogens is 200 g/mol. The fourth-order valence-electron chi connectivity index (χ4n) is 2.06. The van der Waals surface area contributed by atoms with Gasteiger partial charge in [0.2, 0.25) is 0 Å². The average Bonchev–Trinajstić information content (AvgIpc) is 2.30. The molecule has 1 fully saturated rings. The molecule has 0 amide bonds.